The molecular formula is C16H17ClN4O3. The highest BCUT2D eigenvalue weighted by atomic mass is 35.5. The van der Waals surface area contributed by atoms with Gasteiger partial charge in [0.25, 0.3) is 5.91 Å². The fourth-order valence-corrected chi connectivity index (χ4v) is 2.73. The van der Waals surface area contributed by atoms with Crippen LogP contribution in [0.3, 0.4) is 0 Å². The maximum Gasteiger partial charge on any atom is 0.296 e. The van der Waals surface area contributed by atoms with Gasteiger partial charge in [-0.2, -0.15) is 9.97 Å². The SMILES string of the molecule is COc1cc(OC)nc(C(=O)N2CCN(C)c3cc(Cl)ccc32)n1. The number of ether oxygens (including phenoxy) is 2. The van der Waals surface area contributed by atoms with E-state index in [0.717, 1.165) is 11.4 Å². The number of benzene rings is 1. The summed E-state index contributed by atoms with van der Waals surface area (Å²) in [6, 6.07) is 6.94. The number of carbonyl (C=O) groups excluding carboxylic acids is 1. The second-order valence-electron chi connectivity index (χ2n) is 5.29. The van der Waals surface area contributed by atoms with Gasteiger partial charge < -0.3 is 19.3 Å². The van der Waals surface area contributed by atoms with E-state index in [1.807, 2.05) is 19.2 Å². The Bertz CT molecular complexity index is 762. The van der Waals surface area contributed by atoms with Crippen LogP contribution in [-0.4, -0.2) is 50.2 Å². The zero-order chi connectivity index (χ0) is 17.3. The third-order valence-corrected chi connectivity index (χ3v) is 4.07. The van der Waals surface area contributed by atoms with Gasteiger partial charge in [-0.05, 0) is 18.2 Å². The van der Waals surface area contributed by atoms with E-state index in [-0.39, 0.29) is 23.5 Å². The molecule has 0 radical (unpaired) electrons. The molecule has 1 aromatic heterocycles. The first-order chi connectivity index (χ1) is 11.5. The number of aromatic nitrogens is 2. The van der Waals surface area contributed by atoms with Crippen LogP contribution < -0.4 is 19.3 Å². The highest BCUT2D eigenvalue weighted by Gasteiger charge is 2.28. The summed E-state index contributed by atoms with van der Waals surface area (Å²) < 4.78 is 10.2. The first-order valence-corrected chi connectivity index (χ1v) is 7.71. The first kappa shape index (κ1) is 16.3. The van der Waals surface area contributed by atoms with Gasteiger partial charge in [-0.1, -0.05) is 11.6 Å². The Morgan fingerprint density at radius 3 is 2.38 bits per heavy atom. The molecule has 126 valence electrons. The van der Waals surface area contributed by atoms with Crippen LogP contribution in [0.15, 0.2) is 24.3 Å². The van der Waals surface area contributed by atoms with Crippen LogP contribution in [-0.2, 0) is 0 Å². The van der Waals surface area contributed by atoms with Crippen molar-refractivity contribution >= 4 is 28.9 Å². The van der Waals surface area contributed by atoms with E-state index in [9.17, 15) is 4.79 Å². The first-order valence-electron chi connectivity index (χ1n) is 7.33. The van der Waals surface area contributed by atoms with E-state index in [4.69, 9.17) is 21.1 Å². The number of hydrogen-bond acceptors (Lipinski definition) is 6. The van der Waals surface area contributed by atoms with Gasteiger partial charge >= 0.3 is 0 Å². The Hall–Kier alpha value is -2.54. The van der Waals surface area contributed by atoms with Gasteiger partial charge in [-0.15, -0.1) is 0 Å². The molecule has 1 aliphatic heterocycles. The summed E-state index contributed by atoms with van der Waals surface area (Å²) in [4.78, 5) is 24.9. The molecule has 0 saturated carbocycles. The second kappa shape index (κ2) is 6.52. The van der Waals surface area contributed by atoms with E-state index in [1.54, 1.807) is 11.0 Å². The van der Waals surface area contributed by atoms with Crippen molar-refractivity contribution in [2.75, 3.05) is 44.2 Å². The summed E-state index contributed by atoms with van der Waals surface area (Å²) in [5.74, 6) is 0.256. The van der Waals surface area contributed by atoms with Gasteiger partial charge in [0.15, 0.2) is 0 Å². The van der Waals surface area contributed by atoms with Crippen molar-refractivity contribution in [3.63, 3.8) is 0 Å². The van der Waals surface area contributed by atoms with Crippen LogP contribution in [0.2, 0.25) is 5.02 Å². The number of methoxy groups -OCH3 is 2. The Morgan fingerprint density at radius 2 is 1.75 bits per heavy atom. The molecule has 0 saturated heterocycles. The molecule has 1 aliphatic rings. The Labute approximate surface area is 144 Å². The number of nitrogens with zero attached hydrogens (tertiary/aromatic N) is 4. The van der Waals surface area contributed by atoms with Crippen LogP contribution in [0.4, 0.5) is 11.4 Å². The molecule has 1 amide bonds. The number of carbonyl (C=O) groups is 1. The largest absolute Gasteiger partial charge is 0.481 e. The average molecular weight is 349 g/mol. The van der Waals surface area contributed by atoms with E-state index in [1.165, 1.54) is 20.3 Å². The van der Waals surface area contributed by atoms with Gasteiger partial charge in [-0.25, -0.2) is 0 Å². The van der Waals surface area contributed by atoms with Crippen molar-refractivity contribution in [2.24, 2.45) is 0 Å². The van der Waals surface area contributed by atoms with Crippen molar-refractivity contribution in [3.05, 3.63) is 35.1 Å². The molecule has 0 N–H and O–H groups in total. The van der Waals surface area contributed by atoms with Crippen molar-refractivity contribution in [1.29, 1.82) is 0 Å². The minimum absolute atomic E-state index is 0.0247. The molecule has 2 heterocycles. The quantitative estimate of drug-likeness (QED) is 0.847. The summed E-state index contributed by atoms with van der Waals surface area (Å²) in [5.41, 5.74) is 1.65. The lowest BCUT2D eigenvalue weighted by Gasteiger charge is -2.35. The number of amides is 1. The minimum Gasteiger partial charge on any atom is -0.481 e. The molecule has 0 fully saturated rings. The number of hydrogen-bond donors (Lipinski definition) is 0. The third-order valence-electron chi connectivity index (χ3n) is 3.83. The number of likely N-dealkylation sites (N-methyl/N-ethyl adjacent to an activating group) is 1. The predicted octanol–water partition coefficient (Wildman–Crippen LogP) is 2.24. The molecule has 1 aromatic carbocycles. The summed E-state index contributed by atoms with van der Waals surface area (Å²) in [5, 5.41) is 0.620. The number of rotatable bonds is 3. The Kier molecular flexibility index (Phi) is 4.44. The molecule has 2 aromatic rings. The molecule has 3 rings (SSSR count). The summed E-state index contributed by atoms with van der Waals surface area (Å²) in [7, 11) is 4.91. The highest BCUT2D eigenvalue weighted by molar-refractivity contribution is 6.31. The molecule has 0 spiro atoms. The molecule has 7 nitrogen and oxygen atoms in total. The monoisotopic (exact) mass is 348 g/mol. The van der Waals surface area contributed by atoms with Crippen molar-refractivity contribution in [3.8, 4) is 11.8 Å². The third kappa shape index (κ3) is 2.94. The molecule has 0 atom stereocenters. The van der Waals surface area contributed by atoms with Crippen molar-refractivity contribution < 1.29 is 14.3 Å². The zero-order valence-corrected chi connectivity index (χ0v) is 14.4. The Balaban J connectivity index is 2.01. The molecule has 0 bridgehead atoms. The normalized spacial score (nSPS) is 13.5. The van der Waals surface area contributed by atoms with Crippen LogP contribution in [0.1, 0.15) is 10.6 Å². The van der Waals surface area contributed by atoms with Gasteiger partial charge in [0.05, 0.1) is 31.7 Å². The maximum absolute atomic E-state index is 12.9. The van der Waals surface area contributed by atoms with Gasteiger partial charge in [0, 0.05) is 25.2 Å². The molecule has 0 unspecified atom stereocenters. The average Bonchev–Trinajstić information content (AvgIpc) is 2.61. The molecule has 24 heavy (non-hydrogen) atoms. The Morgan fingerprint density at radius 1 is 1.08 bits per heavy atom. The van der Waals surface area contributed by atoms with E-state index in [0.29, 0.717) is 18.1 Å². The van der Waals surface area contributed by atoms with Crippen LogP contribution in [0.5, 0.6) is 11.8 Å². The molecule has 0 aliphatic carbocycles. The number of anilines is 2. The lowest BCUT2D eigenvalue weighted by Crippen LogP contribution is -2.43. The minimum atomic E-state index is -0.316. The van der Waals surface area contributed by atoms with Crippen molar-refractivity contribution in [2.45, 2.75) is 0 Å². The van der Waals surface area contributed by atoms with E-state index < -0.39 is 0 Å². The summed E-state index contributed by atoms with van der Waals surface area (Å²) in [6.45, 7) is 1.20. The van der Waals surface area contributed by atoms with E-state index >= 15 is 0 Å². The topological polar surface area (TPSA) is 67.8 Å². The molecule has 8 heteroatoms. The second-order valence-corrected chi connectivity index (χ2v) is 5.72. The number of fused-ring (bicyclic) bond motifs is 1. The summed E-state index contributed by atoms with van der Waals surface area (Å²) in [6.07, 6.45) is 0. The van der Waals surface area contributed by atoms with Crippen molar-refractivity contribution in [1.82, 2.24) is 9.97 Å². The van der Waals surface area contributed by atoms with Gasteiger partial charge in [0.2, 0.25) is 17.6 Å². The van der Waals surface area contributed by atoms with Gasteiger partial charge in [0.1, 0.15) is 0 Å². The standard InChI is InChI=1S/C16H17ClN4O3/c1-20-6-7-21(11-5-4-10(17)8-12(11)20)16(22)15-18-13(23-2)9-14(19-15)24-3/h4-5,8-9H,6-7H2,1-3H3. The van der Waals surface area contributed by atoms with E-state index in [2.05, 4.69) is 14.9 Å². The smallest absolute Gasteiger partial charge is 0.296 e. The maximum atomic E-state index is 12.9. The van der Waals surface area contributed by atoms with Crippen LogP contribution in [0.25, 0.3) is 0 Å². The number of halogens is 1. The zero-order valence-electron chi connectivity index (χ0n) is 13.6. The lowest BCUT2D eigenvalue weighted by molar-refractivity contribution is 0.0974. The predicted molar refractivity (Wildman–Crippen MR) is 91.5 cm³/mol. The lowest BCUT2D eigenvalue weighted by atomic mass is 10.1. The fraction of sp³-hybridized carbons (Fsp3) is 0.312. The van der Waals surface area contributed by atoms with Crippen LogP contribution >= 0.6 is 11.6 Å². The van der Waals surface area contributed by atoms with Crippen LogP contribution in [0, 0.1) is 0 Å². The summed E-state index contributed by atoms with van der Waals surface area (Å²) >= 11 is 6.08. The fourth-order valence-electron chi connectivity index (χ4n) is 2.56. The highest BCUT2D eigenvalue weighted by Crippen LogP contribution is 2.35. The van der Waals surface area contributed by atoms with Gasteiger partial charge in [-0.3, -0.25) is 4.79 Å². The molecular weight excluding hydrogens is 332 g/mol.